The molecule has 3 heterocycles. The molecule has 2 nitrogen and oxygen atoms in total. The number of fused-ring (bicyclic) bond motifs is 6. The van der Waals surface area contributed by atoms with Gasteiger partial charge < -0.3 is 4.42 Å². The van der Waals surface area contributed by atoms with Crippen LogP contribution < -0.4 is 0 Å². The number of furan rings is 1. The molecule has 3 heteroatoms. The average molecular weight is 442 g/mol. The Kier molecular flexibility index (Phi) is 3.96. The zero-order chi connectivity index (χ0) is 21.9. The van der Waals surface area contributed by atoms with Crippen LogP contribution in [0.2, 0.25) is 0 Å². The number of para-hydroxylation sites is 2. The van der Waals surface area contributed by atoms with Gasteiger partial charge in [-0.15, -0.1) is 11.3 Å². The van der Waals surface area contributed by atoms with Gasteiger partial charge in [-0.25, -0.2) is 0 Å². The van der Waals surface area contributed by atoms with Crippen LogP contribution in [0.25, 0.3) is 64.4 Å². The molecule has 7 aromatic rings. The molecule has 7 rings (SSSR count). The molecular formula is C30H19NOS. The standard InChI is InChI=1S/C30H19NOS/c1-18-13-14-27-26(16-18)25-12-4-11-24(30(25)33-27)23-10-3-9-22-21-8-2-7-20(28(21)32-29(22)23)19-6-5-15-31-17-19/h2-17H,1H3. The molecule has 4 aromatic carbocycles. The van der Waals surface area contributed by atoms with Gasteiger partial charge in [0.25, 0.3) is 0 Å². The molecule has 3 aromatic heterocycles. The van der Waals surface area contributed by atoms with Gasteiger partial charge in [0.1, 0.15) is 11.2 Å². The third kappa shape index (κ3) is 2.76. The summed E-state index contributed by atoms with van der Waals surface area (Å²) in [6.07, 6.45) is 3.69. The smallest absolute Gasteiger partial charge is 0.143 e. The van der Waals surface area contributed by atoms with Crippen molar-refractivity contribution in [3.8, 4) is 22.3 Å². The number of aromatic nitrogens is 1. The van der Waals surface area contributed by atoms with E-state index in [1.807, 2.05) is 23.6 Å². The van der Waals surface area contributed by atoms with E-state index in [4.69, 9.17) is 4.42 Å². The van der Waals surface area contributed by atoms with Gasteiger partial charge in [-0.05, 0) is 25.1 Å². The first-order valence-electron chi connectivity index (χ1n) is 11.0. The SMILES string of the molecule is Cc1ccc2sc3c(-c4cccc5c4oc4c(-c6cccnc6)cccc45)cccc3c2c1. The zero-order valence-electron chi connectivity index (χ0n) is 18.0. The molecule has 0 saturated carbocycles. The Balaban J connectivity index is 1.55. The summed E-state index contributed by atoms with van der Waals surface area (Å²) >= 11 is 1.86. The molecule has 0 aliphatic heterocycles. The van der Waals surface area contributed by atoms with Crippen molar-refractivity contribution >= 4 is 53.4 Å². The fraction of sp³-hybridized carbons (Fsp3) is 0.0333. The molecule has 156 valence electrons. The van der Waals surface area contributed by atoms with Crippen molar-refractivity contribution in [2.45, 2.75) is 6.92 Å². The van der Waals surface area contributed by atoms with Crippen LogP contribution in [-0.4, -0.2) is 4.98 Å². The van der Waals surface area contributed by atoms with Crippen molar-refractivity contribution in [3.63, 3.8) is 0 Å². The van der Waals surface area contributed by atoms with E-state index < -0.39 is 0 Å². The molecule has 0 amide bonds. The fourth-order valence-corrected chi connectivity index (χ4v) is 6.12. The summed E-state index contributed by atoms with van der Waals surface area (Å²) in [7, 11) is 0. The Bertz CT molecular complexity index is 1830. The minimum Gasteiger partial charge on any atom is -0.455 e. The monoisotopic (exact) mass is 441 g/mol. The predicted molar refractivity (Wildman–Crippen MR) is 140 cm³/mol. The second-order valence-electron chi connectivity index (χ2n) is 8.49. The highest BCUT2D eigenvalue weighted by molar-refractivity contribution is 7.26. The van der Waals surface area contributed by atoms with Gasteiger partial charge in [0.2, 0.25) is 0 Å². The Morgan fingerprint density at radius 1 is 0.667 bits per heavy atom. The van der Waals surface area contributed by atoms with E-state index in [1.165, 1.54) is 31.3 Å². The van der Waals surface area contributed by atoms with Crippen LogP contribution >= 0.6 is 11.3 Å². The van der Waals surface area contributed by atoms with Crippen LogP contribution in [0.5, 0.6) is 0 Å². The molecule has 0 aliphatic rings. The first-order valence-corrected chi connectivity index (χ1v) is 11.9. The van der Waals surface area contributed by atoms with E-state index in [-0.39, 0.29) is 0 Å². The van der Waals surface area contributed by atoms with Gasteiger partial charge >= 0.3 is 0 Å². The van der Waals surface area contributed by atoms with Gasteiger partial charge in [-0.1, -0.05) is 72.3 Å². The van der Waals surface area contributed by atoms with E-state index in [2.05, 4.69) is 90.8 Å². The number of benzene rings is 4. The summed E-state index contributed by atoms with van der Waals surface area (Å²) in [5.41, 5.74) is 7.62. The number of hydrogen-bond acceptors (Lipinski definition) is 3. The van der Waals surface area contributed by atoms with E-state index in [9.17, 15) is 0 Å². The molecule has 0 aliphatic carbocycles. The minimum atomic E-state index is 0.909. The van der Waals surface area contributed by atoms with Crippen LogP contribution in [-0.2, 0) is 0 Å². The Morgan fingerprint density at radius 3 is 2.18 bits per heavy atom. The number of pyridine rings is 1. The molecule has 0 unspecified atom stereocenters. The largest absolute Gasteiger partial charge is 0.455 e. The lowest BCUT2D eigenvalue weighted by molar-refractivity contribution is 0.671. The number of rotatable bonds is 2. The Morgan fingerprint density at radius 2 is 1.39 bits per heavy atom. The average Bonchev–Trinajstić information content (AvgIpc) is 3.42. The van der Waals surface area contributed by atoms with Crippen LogP contribution in [0, 0.1) is 6.92 Å². The topological polar surface area (TPSA) is 26.0 Å². The van der Waals surface area contributed by atoms with Crippen molar-refractivity contribution < 1.29 is 4.42 Å². The third-order valence-electron chi connectivity index (χ3n) is 6.44. The lowest BCUT2D eigenvalue weighted by Gasteiger charge is -2.04. The number of nitrogens with zero attached hydrogens (tertiary/aromatic N) is 1. The first kappa shape index (κ1) is 18.6. The highest BCUT2D eigenvalue weighted by Crippen LogP contribution is 2.44. The number of thiophene rings is 1. The first-order chi connectivity index (χ1) is 16.3. The molecule has 0 spiro atoms. The minimum absolute atomic E-state index is 0.909. The lowest BCUT2D eigenvalue weighted by atomic mass is 9.99. The quantitative estimate of drug-likeness (QED) is 0.267. The maximum atomic E-state index is 6.64. The summed E-state index contributed by atoms with van der Waals surface area (Å²) in [5.74, 6) is 0. The van der Waals surface area contributed by atoms with Crippen LogP contribution in [0.15, 0.2) is 102 Å². The van der Waals surface area contributed by atoms with Gasteiger partial charge in [-0.3, -0.25) is 4.98 Å². The van der Waals surface area contributed by atoms with Gasteiger partial charge in [-0.2, -0.15) is 0 Å². The highest BCUT2D eigenvalue weighted by Gasteiger charge is 2.18. The van der Waals surface area contributed by atoms with Gasteiger partial charge in [0.15, 0.2) is 0 Å². The molecular weight excluding hydrogens is 422 g/mol. The van der Waals surface area contributed by atoms with Crippen molar-refractivity contribution in [2.75, 3.05) is 0 Å². The molecule has 33 heavy (non-hydrogen) atoms. The molecule has 0 radical (unpaired) electrons. The Labute approximate surface area is 194 Å². The zero-order valence-corrected chi connectivity index (χ0v) is 18.8. The van der Waals surface area contributed by atoms with E-state index in [0.717, 1.165) is 38.6 Å². The van der Waals surface area contributed by atoms with Crippen molar-refractivity contribution in [2.24, 2.45) is 0 Å². The highest BCUT2D eigenvalue weighted by atomic mass is 32.1. The third-order valence-corrected chi connectivity index (χ3v) is 7.66. The van der Waals surface area contributed by atoms with Crippen LogP contribution in [0.4, 0.5) is 0 Å². The van der Waals surface area contributed by atoms with Crippen molar-refractivity contribution in [1.82, 2.24) is 4.98 Å². The maximum Gasteiger partial charge on any atom is 0.143 e. The summed E-state index contributed by atoms with van der Waals surface area (Å²) in [4.78, 5) is 4.31. The summed E-state index contributed by atoms with van der Waals surface area (Å²) < 4.78 is 9.26. The van der Waals surface area contributed by atoms with Crippen molar-refractivity contribution in [1.29, 1.82) is 0 Å². The van der Waals surface area contributed by atoms with E-state index in [0.29, 0.717) is 0 Å². The number of hydrogen-bond donors (Lipinski definition) is 0. The fourth-order valence-electron chi connectivity index (χ4n) is 4.91. The van der Waals surface area contributed by atoms with Crippen LogP contribution in [0.1, 0.15) is 5.56 Å². The van der Waals surface area contributed by atoms with Crippen LogP contribution in [0.3, 0.4) is 0 Å². The van der Waals surface area contributed by atoms with E-state index >= 15 is 0 Å². The summed E-state index contributed by atoms with van der Waals surface area (Å²) in [6.45, 7) is 2.15. The molecule has 0 N–H and O–H groups in total. The predicted octanol–water partition coefficient (Wildman–Crippen LogP) is 8.99. The summed E-state index contributed by atoms with van der Waals surface area (Å²) in [5, 5.41) is 4.91. The lowest BCUT2D eigenvalue weighted by Crippen LogP contribution is -1.79. The molecule has 0 bridgehead atoms. The second kappa shape index (κ2) is 7.03. The van der Waals surface area contributed by atoms with Gasteiger partial charge in [0.05, 0.1) is 0 Å². The summed E-state index contributed by atoms with van der Waals surface area (Å²) in [6, 6.07) is 30.2. The molecule has 0 saturated heterocycles. The second-order valence-corrected chi connectivity index (χ2v) is 9.54. The molecule has 0 fully saturated rings. The van der Waals surface area contributed by atoms with Crippen molar-refractivity contribution in [3.05, 3.63) is 103 Å². The Hall–Kier alpha value is -3.95. The normalized spacial score (nSPS) is 11.8. The van der Waals surface area contributed by atoms with Gasteiger partial charge in [0, 0.05) is 65.6 Å². The number of aryl methyl sites for hydroxylation is 1. The van der Waals surface area contributed by atoms with E-state index in [1.54, 1.807) is 6.20 Å². The molecule has 0 atom stereocenters. The maximum absolute atomic E-state index is 6.64.